The van der Waals surface area contributed by atoms with Crippen molar-refractivity contribution in [3.8, 4) is 17.2 Å². The summed E-state index contributed by atoms with van der Waals surface area (Å²) in [5.74, 6) is 0.541. The number of carbonyl (C=O) groups is 2. The molecule has 31 heavy (non-hydrogen) atoms. The smallest absolute Gasteiger partial charge is 0.269 e. The highest BCUT2D eigenvalue weighted by molar-refractivity contribution is 7.90. The van der Waals surface area contributed by atoms with E-state index in [4.69, 9.17) is 14.2 Å². The molecule has 2 amide bonds. The first kappa shape index (κ1) is 22.4. The fourth-order valence-corrected chi connectivity index (χ4v) is 5.03. The second kappa shape index (κ2) is 9.25. The molecule has 9 nitrogen and oxygen atoms in total. The van der Waals surface area contributed by atoms with Gasteiger partial charge in [0, 0.05) is 25.1 Å². The molecule has 1 aliphatic heterocycles. The Hall–Kier alpha value is -3.27. The summed E-state index contributed by atoms with van der Waals surface area (Å²) in [5.41, 5.74) is 0.855. The van der Waals surface area contributed by atoms with Crippen molar-refractivity contribution in [2.45, 2.75) is 24.3 Å². The predicted octanol–water partition coefficient (Wildman–Crippen LogP) is 1.95. The van der Waals surface area contributed by atoms with Crippen LogP contribution in [-0.4, -0.2) is 52.4 Å². The van der Waals surface area contributed by atoms with Gasteiger partial charge in [0.25, 0.3) is 15.9 Å². The van der Waals surface area contributed by atoms with Gasteiger partial charge in [0.1, 0.15) is 4.90 Å². The van der Waals surface area contributed by atoms with Crippen molar-refractivity contribution in [2.75, 3.05) is 27.9 Å². The van der Waals surface area contributed by atoms with E-state index in [0.29, 0.717) is 22.8 Å². The van der Waals surface area contributed by atoms with Crippen LogP contribution in [0, 0.1) is 0 Å². The molecular weight excluding hydrogens is 424 g/mol. The Kier molecular flexibility index (Phi) is 6.69. The Morgan fingerprint density at radius 3 is 2.35 bits per heavy atom. The first-order valence-electron chi connectivity index (χ1n) is 9.55. The third kappa shape index (κ3) is 4.29. The number of carbonyl (C=O) groups excluding carboxylic acids is 2. The molecule has 2 aromatic carbocycles. The van der Waals surface area contributed by atoms with E-state index < -0.39 is 15.9 Å². The van der Waals surface area contributed by atoms with Crippen molar-refractivity contribution in [3.05, 3.63) is 47.5 Å². The second-order valence-electron chi connectivity index (χ2n) is 6.75. The van der Waals surface area contributed by atoms with Gasteiger partial charge >= 0.3 is 0 Å². The quantitative estimate of drug-likeness (QED) is 0.624. The Bertz CT molecular complexity index is 1100. The molecule has 10 heteroatoms. The SMILES string of the molecule is COc1ccc(CNC(=O)CCCN2C(=O)c3ccccc3S2(=O)=O)c(OC)c1OC. The van der Waals surface area contributed by atoms with Gasteiger partial charge < -0.3 is 19.5 Å². The van der Waals surface area contributed by atoms with Crippen molar-refractivity contribution in [1.29, 1.82) is 0 Å². The number of nitrogens with zero attached hydrogens (tertiary/aromatic N) is 1. The maximum Gasteiger partial charge on any atom is 0.269 e. The van der Waals surface area contributed by atoms with Crippen molar-refractivity contribution in [2.24, 2.45) is 0 Å². The fraction of sp³-hybridized carbons (Fsp3) is 0.333. The number of sulfonamides is 1. The number of hydrogen-bond donors (Lipinski definition) is 1. The van der Waals surface area contributed by atoms with E-state index in [0.717, 1.165) is 4.31 Å². The van der Waals surface area contributed by atoms with Gasteiger partial charge in [-0.05, 0) is 30.7 Å². The number of amides is 2. The first-order chi connectivity index (χ1) is 14.8. The number of fused-ring (bicyclic) bond motifs is 1. The summed E-state index contributed by atoms with van der Waals surface area (Å²) < 4.78 is 41.8. The first-order valence-corrected chi connectivity index (χ1v) is 11.0. The second-order valence-corrected chi connectivity index (χ2v) is 8.58. The van der Waals surface area contributed by atoms with Crippen LogP contribution in [0.4, 0.5) is 0 Å². The summed E-state index contributed by atoms with van der Waals surface area (Å²) in [7, 11) is 0.643. The molecule has 0 unspecified atom stereocenters. The van der Waals surface area contributed by atoms with E-state index in [-0.39, 0.29) is 42.3 Å². The molecule has 0 aliphatic carbocycles. The highest BCUT2D eigenvalue weighted by Crippen LogP contribution is 2.39. The highest BCUT2D eigenvalue weighted by Gasteiger charge is 2.40. The number of nitrogens with one attached hydrogen (secondary N) is 1. The predicted molar refractivity (Wildman–Crippen MR) is 112 cm³/mol. The van der Waals surface area contributed by atoms with Crippen LogP contribution in [0.15, 0.2) is 41.3 Å². The summed E-state index contributed by atoms with van der Waals surface area (Å²) in [4.78, 5) is 24.7. The molecular formula is C21H24N2O7S. The van der Waals surface area contributed by atoms with Crippen LogP contribution in [0.25, 0.3) is 0 Å². The van der Waals surface area contributed by atoms with Gasteiger partial charge in [0.2, 0.25) is 11.7 Å². The summed E-state index contributed by atoms with van der Waals surface area (Å²) in [6, 6.07) is 9.55. The van der Waals surface area contributed by atoms with Gasteiger partial charge in [-0.1, -0.05) is 12.1 Å². The largest absolute Gasteiger partial charge is 0.493 e. The zero-order valence-electron chi connectivity index (χ0n) is 17.5. The Morgan fingerprint density at radius 1 is 1.00 bits per heavy atom. The van der Waals surface area contributed by atoms with Gasteiger partial charge in [-0.2, -0.15) is 0 Å². The third-order valence-corrected chi connectivity index (χ3v) is 6.78. The molecule has 166 valence electrons. The van der Waals surface area contributed by atoms with Crippen molar-refractivity contribution < 1.29 is 32.2 Å². The van der Waals surface area contributed by atoms with Gasteiger partial charge in [0.15, 0.2) is 11.5 Å². The Labute approximate surface area is 181 Å². The zero-order chi connectivity index (χ0) is 22.6. The molecule has 0 aromatic heterocycles. The molecule has 1 N–H and O–H groups in total. The van der Waals surface area contributed by atoms with E-state index in [1.807, 2.05) is 0 Å². The number of ether oxygens (including phenoxy) is 3. The van der Waals surface area contributed by atoms with Gasteiger partial charge in [-0.25, -0.2) is 12.7 Å². The van der Waals surface area contributed by atoms with Crippen LogP contribution in [0.1, 0.15) is 28.8 Å². The molecule has 2 aromatic rings. The van der Waals surface area contributed by atoms with Crippen LogP contribution >= 0.6 is 0 Å². The minimum Gasteiger partial charge on any atom is -0.493 e. The molecule has 0 saturated carbocycles. The number of methoxy groups -OCH3 is 3. The van der Waals surface area contributed by atoms with Crippen LogP contribution in [0.2, 0.25) is 0 Å². The summed E-state index contributed by atoms with van der Waals surface area (Å²) in [6.45, 7) is 0.123. The van der Waals surface area contributed by atoms with Crippen molar-refractivity contribution in [1.82, 2.24) is 9.62 Å². The van der Waals surface area contributed by atoms with Crippen LogP contribution in [-0.2, 0) is 21.4 Å². The van der Waals surface area contributed by atoms with E-state index in [2.05, 4.69) is 5.32 Å². The minimum atomic E-state index is -3.86. The summed E-state index contributed by atoms with van der Waals surface area (Å²) in [5, 5.41) is 2.77. The normalized spacial score (nSPS) is 14.2. The van der Waals surface area contributed by atoms with E-state index in [1.54, 1.807) is 24.3 Å². The van der Waals surface area contributed by atoms with Gasteiger partial charge in [-0.15, -0.1) is 0 Å². The van der Waals surface area contributed by atoms with Crippen molar-refractivity contribution in [3.63, 3.8) is 0 Å². The lowest BCUT2D eigenvalue weighted by Gasteiger charge is -2.16. The fourth-order valence-electron chi connectivity index (χ4n) is 3.42. The third-order valence-electron chi connectivity index (χ3n) is 4.94. The lowest BCUT2D eigenvalue weighted by atomic mass is 10.1. The molecule has 0 spiro atoms. The van der Waals surface area contributed by atoms with Gasteiger partial charge in [0.05, 0.1) is 26.9 Å². The minimum absolute atomic E-state index is 0.00463. The summed E-state index contributed by atoms with van der Waals surface area (Å²) >= 11 is 0. The number of benzene rings is 2. The maximum atomic E-state index is 12.5. The van der Waals surface area contributed by atoms with Crippen LogP contribution < -0.4 is 19.5 Å². The lowest BCUT2D eigenvalue weighted by molar-refractivity contribution is -0.121. The molecule has 0 bridgehead atoms. The Balaban J connectivity index is 1.57. The zero-order valence-corrected chi connectivity index (χ0v) is 18.3. The molecule has 0 saturated heterocycles. The van der Waals surface area contributed by atoms with Crippen LogP contribution in [0.3, 0.4) is 0 Å². The molecule has 0 atom stereocenters. The molecule has 0 fully saturated rings. The lowest BCUT2D eigenvalue weighted by Crippen LogP contribution is -2.32. The topological polar surface area (TPSA) is 111 Å². The average Bonchev–Trinajstić information content (AvgIpc) is 2.97. The maximum absolute atomic E-state index is 12.5. The molecule has 1 heterocycles. The van der Waals surface area contributed by atoms with Crippen molar-refractivity contribution >= 4 is 21.8 Å². The molecule has 0 radical (unpaired) electrons. The molecule has 1 aliphatic rings. The average molecular weight is 448 g/mol. The van der Waals surface area contributed by atoms with E-state index >= 15 is 0 Å². The van der Waals surface area contributed by atoms with Crippen LogP contribution in [0.5, 0.6) is 17.2 Å². The van der Waals surface area contributed by atoms with E-state index in [9.17, 15) is 18.0 Å². The van der Waals surface area contributed by atoms with Gasteiger partial charge in [-0.3, -0.25) is 9.59 Å². The highest BCUT2D eigenvalue weighted by atomic mass is 32.2. The monoisotopic (exact) mass is 448 g/mol. The molecule has 3 rings (SSSR count). The Morgan fingerprint density at radius 2 is 1.71 bits per heavy atom. The summed E-state index contributed by atoms with van der Waals surface area (Å²) in [6.07, 6.45) is 0.263. The van der Waals surface area contributed by atoms with E-state index in [1.165, 1.54) is 33.5 Å². The standard InChI is InChI=1S/C21H24N2O7S/c1-28-16-11-10-14(19(29-2)20(16)30-3)13-22-18(24)9-6-12-23-21(25)15-7-4-5-8-17(15)31(23,26)27/h4-5,7-8,10-11H,6,9,12-13H2,1-3H3,(H,22,24). The number of hydrogen-bond acceptors (Lipinski definition) is 7. The number of rotatable bonds is 9.